The lowest BCUT2D eigenvalue weighted by atomic mass is 9.96. The second kappa shape index (κ2) is 11.3. The standard InChI is InChI=1S/C37H33FN2O5/c1-37(2,3)45-25-14-7-21(8-15-25)17-32-34(41)28-18-23(11-16-30(28)43-32)26-19-27-31(20-29(26)40(5)6)44-35(33(27)36(42)39-4)22-9-12-24(38)13-10-22/h7-20H,1-6H3,(H,39,42)/b32-17+. The molecule has 0 saturated carbocycles. The quantitative estimate of drug-likeness (QED) is 0.197. The minimum atomic E-state index is -0.384. The van der Waals surface area contributed by atoms with Gasteiger partial charge in [0.1, 0.15) is 34.3 Å². The minimum Gasteiger partial charge on any atom is -0.488 e. The zero-order valence-corrected chi connectivity index (χ0v) is 25.9. The van der Waals surface area contributed by atoms with Gasteiger partial charge in [0.05, 0.1) is 11.1 Å². The van der Waals surface area contributed by atoms with Gasteiger partial charge >= 0.3 is 0 Å². The Bertz CT molecular complexity index is 1980. The van der Waals surface area contributed by atoms with Gasteiger partial charge in [-0.25, -0.2) is 4.39 Å². The lowest BCUT2D eigenvalue weighted by Gasteiger charge is -2.21. The van der Waals surface area contributed by atoms with Crippen molar-refractivity contribution < 1.29 is 27.9 Å². The van der Waals surface area contributed by atoms with Crippen molar-refractivity contribution in [1.82, 2.24) is 5.32 Å². The average Bonchev–Trinajstić information content (AvgIpc) is 3.53. The Morgan fingerprint density at radius 3 is 2.24 bits per heavy atom. The number of ether oxygens (including phenoxy) is 2. The second-order valence-electron chi connectivity index (χ2n) is 12.1. The predicted molar refractivity (Wildman–Crippen MR) is 175 cm³/mol. The van der Waals surface area contributed by atoms with Gasteiger partial charge in [-0.05, 0) is 92.6 Å². The van der Waals surface area contributed by atoms with Crippen LogP contribution in [0.1, 0.15) is 47.1 Å². The highest BCUT2D eigenvalue weighted by Gasteiger charge is 2.29. The van der Waals surface area contributed by atoms with Gasteiger partial charge in [-0.3, -0.25) is 9.59 Å². The molecule has 4 aromatic carbocycles. The first-order chi connectivity index (χ1) is 21.4. The van der Waals surface area contributed by atoms with Crippen molar-refractivity contribution in [3.05, 3.63) is 107 Å². The second-order valence-corrected chi connectivity index (χ2v) is 12.1. The number of hydrogen-bond donors (Lipinski definition) is 1. The van der Waals surface area contributed by atoms with Crippen molar-refractivity contribution in [2.24, 2.45) is 0 Å². The number of allylic oxidation sites excluding steroid dienone is 1. The highest BCUT2D eigenvalue weighted by molar-refractivity contribution is 6.16. The number of anilines is 1. The van der Waals surface area contributed by atoms with Gasteiger partial charge in [0, 0.05) is 49.4 Å². The third kappa shape index (κ3) is 5.79. The molecule has 1 amide bonds. The predicted octanol–water partition coefficient (Wildman–Crippen LogP) is 8.13. The molecule has 1 aliphatic heterocycles. The minimum absolute atomic E-state index is 0.220. The normalized spacial score (nSPS) is 13.6. The van der Waals surface area contributed by atoms with Gasteiger partial charge in [0.2, 0.25) is 5.78 Å². The van der Waals surface area contributed by atoms with Crippen molar-refractivity contribution in [2.75, 3.05) is 26.0 Å². The third-order valence-corrected chi connectivity index (χ3v) is 7.43. The summed E-state index contributed by atoms with van der Waals surface area (Å²) in [5, 5.41) is 3.29. The fourth-order valence-corrected chi connectivity index (χ4v) is 5.38. The van der Waals surface area contributed by atoms with E-state index in [-0.39, 0.29) is 28.9 Å². The summed E-state index contributed by atoms with van der Waals surface area (Å²) in [6.45, 7) is 5.96. The van der Waals surface area contributed by atoms with Gasteiger partial charge in [-0.1, -0.05) is 18.2 Å². The number of hydrogen-bond acceptors (Lipinski definition) is 6. The summed E-state index contributed by atoms with van der Waals surface area (Å²) in [7, 11) is 5.37. The first-order valence-corrected chi connectivity index (χ1v) is 14.6. The number of nitrogens with one attached hydrogen (secondary N) is 1. The first kappa shape index (κ1) is 29.7. The summed E-state index contributed by atoms with van der Waals surface area (Å²) in [5.41, 5.74) is 4.77. The summed E-state index contributed by atoms with van der Waals surface area (Å²) in [4.78, 5) is 28.6. The monoisotopic (exact) mass is 604 g/mol. The molecule has 5 aromatic rings. The molecular weight excluding hydrogens is 571 g/mol. The number of ketones is 1. The molecule has 0 spiro atoms. The molecule has 0 unspecified atom stereocenters. The molecule has 2 heterocycles. The maximum Gasteiger partial charge on any atom is 0.255 e. The number of rotatable bonds is 6. The van der Waals surface area contributed by atoms with Gasteiger partial charge in [-0.15, -0.1) is 0 Å². The molecule has 0 bridgehead atoms. The Balaban J connectivity index is 1.40. The number of carbonyl (C=O) groups excluding carboxylic acids is 2. The zero-order valence-electron chi connectivity index (χ0n) is 25.9. The fourth-order valence-electron chi connectivity index (χ4n) is 5.38. The van der Waals surface area contributed by atoms with Crippen LogP contribution >= 0.6 is 0 Å². The van der Waals surface area contributed by atoms with E-state index in [0.29, 0.717) is 39.2 Å². The van der Waals surface area contributed by atoms with Crippen LogP contribution in [0.5, 0.6) is 11.5 Å². The number of furan rings is 1. The molecule has 7 nitrogen and oxygen atoms in total. The summed E-state index contributed by atoms with van der Waals surface area (Å²) in [6.07, 6.45) is 1.72. The maximum atomic E-state index is 13.7. The van der Waals surface area contributed by atoms with Gasteiger partial charge in [-0.2, -0.15) is 0 Å². The van der Waals surface area contributed by atoms with E-state index in [9.17, 15) is 14.0 Å². The highest BCUT2D eigenvalue weighted by Crippen LogP contribution is 2.42. The van der Waals surface area contributed by atoms with Crippen LogP contribution in [-0.2, 0) is 0 Å². The molecule has 1 aliphatic rings. The maximum absolute atomic E-state index is 13.7. The van der Waals surface area contributed by atoms with Crippen molar-refractivity contribution in [1.29, 1.82) is 0 Å². The Hall–Kier alpha value is -5.37. The summed E-state index contributed by atoms with van der Waals surface area (Å²) < 4.78 is 31.8. The van der Waals surface area contributed by atoms with E-state index in [1.165, 1.54) is 12.1 Å². The van der Waals surface area contributed by atoms with Crippen molar-refractivity contribution in [2.45, 2.75) is 26.4 Å². The van der Waals surface area contributed by atoms with Gasteiger partial charge in [0.15, 0.2) is 5.76 Å². The zero-order chi connectivity index (χ0) is 32.0. The van der Waals surface area contributed by atoms with Crippen molar-refractivity contribution in [3.63, 3.8) is 0 Å². The van der Waals surface area contributed by atoms with Gasteiger partial charge in [0.25, 0.3) is 5.91 Å². The van der Waals surface area contributed by atoms with E-state index < -0.39 is 0 Å². The smallest absolute Gasteiger partial charge is 0.255 e. The Morgan fingerprint density at radius 2 is 1.60 bits per heavy atom. The molecule has 0 aliphatic carbocycles. The van der Waals surface area contributed by atoms with Gasteiger partial charge < -0.3 is 24.1 Å². The van der Waals surface area contributed by atoms with Crippen LogP contribution in [0.25, 0.3) is 39.5 Å². The van der Waals surface area contributed by atoms with Crippen molar-refractivity contribution >= 4 is 34.4 Å². The third-order valence-electron chi connectivity index (χ3n) is 7.43. The van der Waals surface area contributed by atoms with E-state index in [2.05, 4.69) is 5.32 Å². The lowest BCUT2D eigenvalue weighted by Crippen LogP contribution is -2.22. The van der Waals surface area contributed by atoms with E-state index in [1.807, 2.05) is 88.3 Å². The number of carbonyl (C=O) groups is 2. The number of nitrogens with zero attached hydrogens (tertiary/aromatic N) is 1. The summed E-state index contributed by atoms with van der Waals surface area (Å²) in [6, 6.07) is 22.6. The molecule has 0 radical (unpaired) electrons. The van der Waals surface area contributed by atoms with Crippen LogP contribution in [0.3, 0.4) is 0 Å². The Kier molecular flexibility index (Phi) is 7.44. The number of Topliss-reactive ketones (excluding diaryl/α,β-unsaturated/α-hetero) is 1. The molecule has 45 heavy (non-hydrogen) atoms. The molecule has 1 aromatic heterocycles. The molecule has 8 heteroatoms. The SMILES string of the molecule is CNC(=O)c1c(-c2ccc(F)cc2)oc2cc(N(C)C)c(-c3ccc4c(c3)C(=O)/C(=C\c3ccc(OC(C)(C)C)cc3)O4)cc12. The largest absolute Gasteiger partial charge is 0.488 e. The van der Waals surface area contributed by atoms with E-state index in [0.717, 1.165) is 28.1 Å². The van der Waals surface area contributed by atoms with Crippen LogP contribution in [0, 0.1) is 5.82 Å². The number of halogens is 1. The van der Waals surface area contributed by atoms with Crippen LogP contribution in [0.15, 0.2) is 89.0 Å². The molecular formula is C37H33FN2O5. The Morgan fingerprint density at radius 1 is 0.911 bits per heavy atom. The first-order valence-electron chi connectivity index (χ1n) is 14.6. The lowest BCUT2D eigenvalue weighted by molar-refractivity contribution is 0.0963. The van der Waals surface area contributed by atoms with E-state index in [4.69, 9.17) is 13.9 Å². The Labute approximate surface area is 260 Å². The topological polar surface area (TPSA) is 81.0 Å². The molecule has 0 atom stereocenters. The van der Waals surface area contributed by atoms with E-state index >= 15 is 0 Å². The van der Waals surface area contributed by atoms with Crippen LogP contribution in [0.2, 0.25) is 0 Å². The van der Waals surface area contributed by atoms with Crippen LogP contribution in [-0.4, -0.2) is 38.4 Å². The molecule has 1 N–H and O–H groups in total. The van der Waals surface area contributed by atoms with E-state index in [1.54, 1.807) is 31.3 Å². The van der Waals surface area contributed by atoms with Crippen molar-refractivity contribution in [3.8, 4) is 33.9 Å². The highest BCUT2D eigenvalue weighted by atomic mass is 19.1. The van der Waals surface area contributed by atoms with Crippen LogP contribution in [0.4, 0.5) is 10.1 Å². The van der Waals surface area contributed by atoms with Crippen LogP contribution < -0.4 is 19.7 Å². The molecule has 0 fully saturated rings. The molecule has 6 rings (SSSR count). The number of benzene rings is 4. The number of amides is 1. The summed E-state index contributed by atoms with van der Waals surface area (Å²) in [5.74, 6) is 0.858. The average molecular weight is 605 g/mol. The molecule has 228 valence electrons. The number of fused-ring (bicyclic) bond motifs is 2. The molecule has 0 saturated heterocycles. The fraction of sp³-hybridized carbons (Fsp3) is 0.189. The summed E-state index contributed by atoms with van der Waals surface area (Å²) >= 11 is 0.